The van der Waals surface area contributed by atoms with Crippen LogP contribution in [0.3, 0.4) is 0 Å². The minimum absolute atomic E-state index is 0.384. The van der Waals surface area contributed by atoms with Crippen molar-refractivity contribution in [3.8, 4) is 6.07 Å². The number of aliphatic hydroxyl groups is 1. The van der Waals surface area contributed by atoms with Gasteiger partial charge in [-0.3, -0.25) is 0 Å². The molecule has 0 bridgehead atoms. The number of ether oxygens (including phenoxy) is 1. The first-order valence-electron chi connectivity index (χ1n) is 5.75. The summed E-state index contributed by atoms with van der Waals surface area (Å²) in [6.07, 6.45) is -0.889. The summed E-state index contributed by atoms with van der Waals surface area (Å²) in [4.78, 5) is 2.10. The van der Waals surface area contributed by atoms with Gasteiger partial charge in [0.15, 0.2) is 6.10 Å². The Labute approximate surface area is 101 Å². The maximum atomic E-state index is 9.74. The third kappa shape index (κ3) is 2.57. The second kappa shape index (κ2) is 5.17. The van der Waals surface area contributed by atoms with Crippen LogP contribution in [-0.4, -0.2) is 30.9 Å². The second-order valence-electron chi connectivity index (χ2n) is 4.17. The molecule has 0 amide bonds. The Hall–Kier alpha value is -1.57. The molecular formula is C13H16N2O2. The van der Waals surface area contributed by atoms with Gasteiger partial charge >= 0.3 is 0 Å². The molecule has 1 saturated heterocycles. The molecule has 1 aromatic carbocycles. The number of benzene rings is 1. The molecule has 2 rings (SSSR count). The van der Waals surface area contributed by atoms with Crippen molar-refractivity contribution in [2.45, 2.75) is 19.1 Å². The van der Waals surface area contributed by atoms with Gasteiger partial charge in [0.25, 0.3) is 0 Å². The molecule has 1 aromatic rings. The third-order valence-electron chi connectivity index (χ3n) is 2.94. The Balaban J connectivity index is 2.25. The molecule has 0 aliphatic carbocycles. The van der Waals surface area contributed by atoms with Gasteiger partial charge in [-0.2, -0.15) is 5.26 Å². The smallest absolute Gasteiger partial charge is 0.161 e. The fourth-order valence-corrected chi connectivity index (χ4v) is 2.07. The Morgan fingerprint density at radius 1 is 1.53 bits per heavy atom. The second-order valence-corrected chi connectivity index (χ2v) is 4.17. The predicted octanol–water partition coefficient (Wildman–Crippen LogP) is 1.47. The Kier molecular flexibility index (Phi) is 3.62. The van der Waals surface area contributed by atoms with Crippen LogP contribution in [0.25, 0.3) is 0 Å². The summed E-state index contributed by atoms with van der Waals surface area (Å²) in [6.45, 7) is 3.61. The van der Waals surface area contributed by atoms with E-state index in [1.807, 2.05) is 24.3 Å². The van der Waals surface area contributed by atoms with Gasteiger partial charge in [0, 0.05) is 17.8 Å². The van der Waals surface area contributed by atoms with E-state index in [1.165, 1.54) is 0 Å². The molecular weight excluding hydrogens is 216 g/mol. The van der Waals surface area contributed by atoms with Crippen molar-refractivity contribution in [1.82, 2.24) is 0 Å². The van der Waals surface area contributed by atoms with E-state index >= 15 is 0 Å². The number of anilines is 1. The average molecular weight is 232 g/mol. The zero-order valence-electron chi connectivity index (χ0n) is 9.84. The molecule has 0 saturated carbocycles. The summed E-state index contributed by atoms with van der Waals surface area (Å²) in [5, 5.41) is 18.6. The zero-order chi connectivity index (χ0) is 12.3. The number of rotatable bonds is 2. The maximum Gasteiger partial charge on any atom is 0.161 e. The maximum absolute atomic E-state index is 9.74. The lowest BCUT2D eigenvalue weighted by atomic mass is 10.1. The van der Waals surface area contributed by atoms with Crippen LogP contribution in [0, 0.1) is 11.3 Å². The minimum Gasteiger partial charge on any atom is -0.389 e. The zero-order valence-corrected chi connectivity index (χ0v) is 9.84. The number of hydrogen-bond donors (Lipinski definition) is 1. The Morgan fingerprint density at radius 3 is 3.00 bits per heavy atom. The fourth-order valence-electron chi connectivity index (χ4n) is 2.07. The van der Waals surface area contributed by atoms with E-state index in [2.05, 4.69) is 11.0 Å². The van der Waals surface area contributed by atoms with Crippen molar-refractivity contribution in [2.75, 3.05) is 24.6 Å². The molecule has 2 unspecified atom stereocenters. The van der Waals surface area contributed by atoms with Crippen LogP contribution in [0.5, 0.6) is 0 Å². The molecule has 1 fully saturated rings. The number of morpholine rings is 1. The van der Waals surface area contributed by atoms with Gasteiger partial charge in [-0.25, -0.2) is 0 Å². The van der Waals surface area contributed by atoms with E-state index in [-0.39, 0.29) is 6.10 Å². The van der Waals surface area contributed by atoms with E-state index < -0.39 is 6.10 Å². The average Bonchev–Trinajstić information content (AvgIpc) is 2.39. The first-order valence-corrected chi connectivity index (χ1v) is 5.75. The lowest BCUT2D eigenvalue weighted by Gasteiger charge is -2.33. The summed E-state index contributed by atoms with van der Waals surface area (Å²) in [5.41, 5.74) is 1.89. The quantitative estimate of drug-likeness (QED) is 0.839. The molecule has 90 valence electrons. The molecule has 17 heavy (non-hydrogen) atoms. The fraction of sp³-hybridized carbons (Fsp3) is 0.462. The summed E-state index contributed by atoms with van der Waals surface area (Å²) in [6, 6.07) is 9.87. The topological polar surface area (TPSA) is 56.5 Å². The van der Waals surface area contributed by atoms with Gasteiger partial charge in [0.1, 0.15) is 0 Å². The van der Waals surface area contributed by atoms with Crippen LogP contribution in [0.4, 0.5) is 5.69 Å². The highest BCUT2D eigenvalue weighted by molar-refractivity contribution is 5.55. The van der Waals surface area contributed by atoms with Crippen LogP contribution in [0.1, 0.15) is 18.6 Å². The highest BCUT2D eigenvalue weighted by Gasteiger charge is 2.22. The van der Waals surface area contributed by atoms with Crippen molar-refractivity contribution in [1.29, 1.82) is 5.26 Å². The monoisotopic (exact) mass is 232 g/mol. The van der Waals surface area contributed by atoms with Gasteiger partial charge in [-0.1, -0.05) is 18.2 Å². The van der Waals surface area contributed by atoms with Crippen molar-refractivity contribution in [3.63, 3.8) is 0 Å². The van der Waals surface area contributed by atoms with Crippen LogP contribution < -0.4 is 4.90 Å². The van der Waals surface area contributed by atoms with Crippen LogP contribution in [0.15, 0.2) is 24.3 Å². The first-order chi connectivity index (χ1) is 8.22. The highest BCUT2D eigenvalue weighted by atomic mass is 16.5. The first kappa shape index (κ1) is 11.9. The van der Waals surface area contributed by atoms with E-state index in [9.17, 15) is 5.11 Å². The van der Waals surface area contributed by atoms with Crippen molar-refractivity contribution < 1.29 is 9.84 Å². The number of aliphatic hydroxyl groups excluding tert-OH is 1. The van der Waals surface area contributed by atoms with E-state index in [0.717, 1.165) is 17.8 Å². The normalized spacial score (nSPS) is 21.9. The summed E-state index contributed by atoms with van der Waals surface area (Å²) >= 11 is 0. The van der Waals surface area contributed by atoms with Crippen molar-refractivity contribution >= 4 is 5.69 Å². The molecule has 0 spiro atoms. The van der Waals surface area contributed by atoms with E-state index in [0.29, 0.717) is 13.2 Å². The number of nitriles is 1. The van der Waals surface area contributed by atoms with Crippen LogP contribution in [-0.2, 0) is 4.74 Å². The van der Waals surface area contributed by atoms with Gasteiger partial charge in [-0.15, -0.1) is 0 Å². The van der Waals surface area contributed by atoms with Crippen molar-refractivity contribution in [2.24, 2.45) is 0 Å². The van der Waals surface area contributed by atoms with E-state index in [4.69, 9.17) is 10.00 Å². The molecule has 4 heteroatoms. The molecule has 2 atom stereocenters. The molecule has 1 aliphatic heterocycles. The lowest BCUT2D eigenvalue weighted by Crippen LogP contribution is -2.42. The highest BCUT2D eigenvalue weighted by Crippen LogP contribution is 2.27. The largest absolute Gasteiger partial charge is 0.389 e. The summed E-state index contributed by atoms with van der Waals surface area (Å²) in [5.74, 6) is 0. The van der Waals surface area contributed by atoms with Gasteiger partial charge in [-0.05, 0) is 13.0 Å². The van der Waals surface area contributed by atoms with Gasteiger partial charge in [0.05, 0.1) is 25.3 Å². The van der Waals surface area contributed by atoms with Gasteiger partial charge < -0.3 is 14.7 Å². The van der Waals surface area contributed by atoms with E-state index in [1.54, 1.807) is 6.92 Å². The SMILES string of the molecule is CC(O)c1ccccc1N1CCOC(C#N)C1. The predicted molar refractivity (Wildman–Crippen MR) is 64.6 cm³/mol. The number of para-hydroxylation sites is 1. The minimum atomic E-state index is -0.505. The standard InChI is InChI=1S/C13H16N2O2/c1-10(16)12-4-2-3-5-13(12)15-6-7-17-11(8-14)9-15/h2-5,10-11,16H,6-7,9H2,1H3. The molecule has 4 nitrogen and oxygen atoms in total. The molecule has 1 heterocycles. The lowest BCUT2D eigenvalue weighted by molar-refractivity contribution is 0.0761. The van der Waals surface area contributed by atoms with Crippen molar-refractivity contribution in [3.05, 3.63) is 29.8 Å². The molecule has 0 aromatic heterocycles. The summed E-state index contributed by atoms with van der Waals surface area (Å²) < 4.78 is 5.31. The number of hydrogen-bond acceptors (Lipinski definition) is 4. The van der Waals surface area contributed by atoms with Crippen LogP contribution in [0.2, 0.25) is 0 Å². The Morgan fingerprint density at radius 2 is 2.29 bits per heavy atom. The summed E-state index contributed by atoms with van der Waals surface area (Å²) in [7, 11) is 0. The third-order valence-corrected chi connectivity index (χ3v) is 2.94. The Bertz CT molecular complexity index is 426. The number of nitrogens with zero attached hydrogens (tertiary/aromatic N) is 2. The molecule has 1 aliphatic rings. The van der Waals surface area contributed by atoms with Crippen LogP contribution >= 0.6 is 0 Å². The molecule has 1 N–H and O–H groups in total. The van der Waals surface area contributed by atoms with Gasteiger partial charge in [0.2, 0.25) is 0 Å². The molecule has 0 radical (unpaired) electrons.